The summed E-state index contributed by atoms with van der Waals surface area (Å²) in [5, 5.41) is 5.25. The van der Waals surface area contributed by atoms with Gasteiger partial charge in [0.25, 0.3) is 5.56 Å². The average molecular weight is 466 g/mol. The number of hydrogen-bond donors (Lipinski definition) is 1. The van der Waals surface area contributed by atoms with E-state index in [2.05, 4.69) is 17.3 Å². The summed E-state index contributed by atoms with van der Waals surface area (Å²) in [5.74, 6) is -0.0287. The molecule has 1 aliphatic rings. The predicted molar refractivity (Wildman–Crippen MR) is 134 cm³/mol. The number of carbonyl (C=O) groups excluding carboxylic acids is 1. The number of fused-ring (bicyclic) bond motifs is 1. The Kier molecular flexibility index (Phi) is 6.46. The first kappa shape index (κ1) is 22.3. The lowest BCUT2D eigenvalue weighted by atomic mass is 10.0. The van der Waals surface area contributed by atoms with Gasteiger partial charge < -0.3 is 10.2 Å². The van der Waals surface area contributed by atoms with Gasteiger partial charge in [0, 0.05) is 29.6 Å². The Morgan fingerprint density at radius 3 is 2.34 bits per heavy atom. The van der Waals surface area contributed by atoms with Gasteiger partial charge in [0.1, 0.15) is 9.83 Å². The highest BCUT2D eigenvalue weighted by molar-refractivity contribution is 7.23. The molecule has 1 atom stereocenters. The third kappa shape index (κ3) is 4.09. The smallest absolute Gasteiger partial charge is 0.256 e. The molecule has 0 bridgehead atoms. The molecule has 4 aromatic rings. The fourth-order valence-electron chi connectivity index (χ4n) is 4.20. The molecule has 0 saturated carbocycles. The van der Waals surface area contributed by atoms with Crippen LogP contribution in [0.5, 0.6) is 0 Å². The second-order valence-electron chi connectivity index (χ2n) is 7.95. The van der Waals surface area contributed by atoms with Crippen LogP contribution >= 0.6 is 23.7 Å². The Morgan fingerprint density at radius 2 is 1.69 bits per heavy atom. The summed E-state index contributed by atoms with van der Waals surface area (Å²) < 4.78 is 1.70. The van der Waals surface area contributed by atoms with Crippen LogP contribution in [0.15, 0.2) is 77.6 Å². The minimum Gasteiger partial charge on any atom is -0.372 e. The maximum Gasteiger partial charge on any atom is 0.256 e. The van der Waals surface area contributed by atoms with E-state index in [0.717, 1.165) is 40.4 Å². The van der Waals surface area contributed by atoms with Crippen molar-refractivity contribution in [2.24, 2.45) is 0 Å². The van der Waals surface area contributed by atoms with Crippen LogP contribution in [-0.4, -0.2) is 41.4 Å². The van der Waals surface area contributed by atoms with Gasteiger partial charge in [-0.3, -0.25) is 14.2 Å². The number of para-hydroxylation sites is 1. The summed E-state index contributed by atoms with van der Waals surface area (Å²) in [4.78, 5) is 29.5. The number of ketones is 1. The van der Waals surface area contributed by atoms with Crippen molar-refractivity contribution in [2.45, 2.75) is 12.5 Å². The maximum atomic E-state index is 13.6. The number of aromatic nitrogens is 1. The molecule has 164 valence electrons. The third-order valence-electron chi connectivity index (χ3n) is 5.75. The molecule has 0 spiro atoms. The van der Waals surface area contributed by atoms with Crippen LogP contribution in [0.4, 0.5) is 5.00 Å². The van der Waals surface area contributed by atoms with E-state index in [1.807, 2.05) is 60.7 Å². The topological polar surface area (TPSA) is 54.3 Å². The monoisotopic (exact) mass is 465 g/mol. The van der Waals surface area contributed by atoms with E-state index < -0.39 is 0 Å². The van der Waals surface area contributed by atoms with Crippen molar-refractivity contribution in [3.8, 4) is 5.69 Å². The van der Waals surface area contributed by atoms with Gasteiger partial charge in [0.05, 0.1) is 11.3 Å². The number of halogens is 1. The highest BCUT2D eigenvalue weighted by atomic mass is 35.5. The van der Waals surface area contributed by atoms with E-state index in [-0.39, 0.29) is 29.8 Å². The number of anilines is 1. The zero-order chi connectivity index (χ0) is 21.4. The number of rotatable bonds is 5. The number of benzene rings is 2. The van der Waals surface area contributed by atoms with Crippen LogP contribution in [0.25, 0.3) is 15.9 Å². The standard InChI is InChI=1S/C25H23N3O2S.ClH/c1-27-15-14-18(16-27)26-24-22(23(30)17-8-4-2-5-9-17)20-12-13-21(29)28(25(20)31-24)19-10-6-3-7-11-19;/h2-13,18,26H,14-16H2,1H3;1H/t18-;/m1./s1. The first-order valence-electron chi connectivity index (χ1n) is 10.4. The molecule has 0 amide bonds. The van der Waals surface area contributed by atoms with Crippen molar-refractivity contribution in [3.05, 3.63) is 94.3 Å². The zero-order valence-electron chi connectivity index (χ0n) is 17.7. The number of thiophene rings is 1. The predicted octanol–water partition coefficient (Wildman–Crippen LogP) is 4.82. The first-order chi connectivity index (χ1) is 15.1. The lowest BCUT2D eigenvalue weighted by molar-refractivity contribution is 0.104. The van der Waals surface area contributed by atoms with Crippen molar-refractivity contribution < 1.29 is 4.79 Å². The van der Waals surface area contributed by atoms with E-state index in [1.165, 1.54) is 11.3 Å². The van der Waals surface area contributed by atoms with Crippen molar-refractivity contribution >= 4 is 44.7 Å². The van der Waals surface area contributed by atoms with Crippen molar-refractivity contribution in [1.29, 1.82) is 0 Å². The summed E-state index contributed by atoms with van der Waals surface area (Å²) in [6.07, 6.45) is 1.02. The van der Waals surface area contributed by atoms with Gasteiger partial charge in [-0.2, -0.15) is 0 Å². The van der Waals surface area contributed by atoms with Gasteiger partial charge in [0.15, 0.2) is 5.78 Å². The molecule has 32 heavy (non-hydrogen) atoms. The Balaban J connectivity index is 0.00000245. The second kappa shape index (κ2) is 9.28. The van der Waals surface area contributed by atoms with Crippen molar-refractivity contribution in [2.75, 3.05) is 25.5 Å². The van der Waals surface area contributed by atoms with Crippen LogP contribution in [0.1, 0.15) is 22.3 Å². The van der Waals surface area contributed by atoms with Crippen molar-refractivity contribution in [3.63, 3.8) is 0 Å². The molecule has 2 aromatic carbocycles. The molecule has 3 heterocycles. The number of pyridine rings is 1. The maximum absolute atomic E-state index is 13.6. The minimum atomic E-state index is -0.106. The number of likely N-dealkylation sites (tertiary alicyclic amines) is 1. The highest BCUT2D eigenvalue weighted by Gasteiger charge is 2.26. The van der Waals surface area contributed by atoms with Gasteiger partial charge in [0.2, 0.25) is 0 Å². The van der Waals surface area contributed by atoms with Gasteiger partial charge in [-0.1, -0.05) is 59.9 Å². The molecule has 0 aliphatic carbocycles. The summed E-state index contributed by atoms with van der Waals surface area (Å²) in [5.41, 5.74) is 1.98. The molecule has 2 aromatic heterocycles. The number of hydrogen-bond acceptors (Lipinski definition) is 5. The zero-order valence-corrected chi connectivity index (χ0v) is 19.3. The van der Waals surface area contributed by atoms with E-state index in [4.69, 9.17) is 0 Å². The Hall–Kier alpha value is -2.93. The highest BCUT2D eigenvalue weighted by Crippen LogP contribution is 2.38. The van der Waals surface area contributed by atoms with Gasteiger partial charge in [-0.05, 0) is 38.2 Å². The molecule has 0 radical (unpaired) electrons. The quantitative estimate of drug-likeness (QED) is 0.429. The van der Waals surface area contributed by atoms with E-state index in [1.54, 1.807) is 16.7 Å². The molecule has 5 nitrogen and oxygen atoms in total. The lowest BCUT2D eigenvalue weighted by Gasteiger charge is -2.14. The van der Waals surface area contributed by atoms with Gasteiger partial charge >= 0.3 is 0 Å². The second-order valence-corrected chi connectivity index (χ2v) is 8.95. The fourth-order valence-corrected chi connectivity index (χ4v) is 5.49. The Morgan fingerprint density at radius 1 is 1.00 bits per heavy atom. The SMILES string of the molecule is CN1CC[C@@H](Nc2sc3c(ccc(=O)n3-c3ccccc3)c2C(=O)c2ccccc2)C1.Cl. The van der Waals surface area contributed by atoms with Gasteiger partial charge in [-0.15, -0.1) is 12.4 Å². The third-order valence-corrected chi connectivity index (χ3v) is 6.87. The van der Waals surface area contributed by atoms with Crippen LogP contribution in [0, 0.1) is 0 Å². The Labute approximate surface area is 196 Å². The molecule has 5 rings (SSSR count). The molecular formula is C25H24ClN3O2S. The van der Waals surface area contributed by atoms with E-state index in [0.29, 0.717) is 11.1 Å². The molecule has 1 N–H and O–H groups in total. The molecular weight excluding hydrogens is 442 g/mol. The molecule has 7 heteroatoms. The number of nitrogens with zero attached hydrogens (tertiary/aromatic N) is 2. The fraction of sp³-hybridized carbons (Fsp3) is 0.200. The summed E-state index contributed by atoms with van der Waals surface area (Å²) in [6, 6.07) is 22.5. The lowest BCUT2D eigenvalue weighted by Crippen LogP contribution is -2.23. The first-order valence-corrected chi connectivity index (χ1v) is 11.2. The summed E-state index contributed by atoms with van der Waals surface area (Å²) in [7, 11) is 2.11. The Bertz CT molecular complexity index is 1300. The van der Waals surface area contributed by atoms with Gasteiger partial charge in [-0.25, -0.2) is 0 Å². The number of likely N-dealkylation sites (N-methyl/N-ethyl adjacent to an activating group) is 1. The van der Waals surface area contributed by atoms with Crippen LogP contribution in [0.3, 0.4) is 0 Å². The van der Waals surface area contributed by atoms with Crippen molar-refractivity contribution in [1.82, 2.24) is 9.47 Å². The van der Waals surface area contributed by atoms with Crippen LogP contribution < -0.4 is 10.9 Å². The normalized spacial score (nSPS) is 16.1. The van der Waals surface area contributed by atoms with E-state index in [9.17, 15) is 9.59 Å². The average Bonchev–Trinajstić information content (AvgIpc) is 3.37. The number of nitrogens with one attached hydrogen (secondary N) is 1. The van der Waals surface area contributed by atoms with Crippen LogP contribution in [-0.2, 0) is 0 Å². The number of carbonyl (C=O) groups is 1. The largest absolute Gasteiger partial charge is 0.372 e. The summed E-state index contributed by atoms with van der Waals surface area (Å²) in [6.45, 7) is 1.96. The van der Waals surface area contributed by atoms with Crippen LogP contribution in [0.2, 0.25) is 0 Å². The minimum absolute atomic E-state index is 0. The molecule has 0 unspecified atom stereocenters. The summed E-state index contributed by atoms with van der Waals surface area (Å²) >= 11 is 1.48. The van der Waals surface area contributed by atoms with E-state index >= 15 is 0 Å². The molecule has 1 fully saturated rings. The molecule has 1 aliphatic heterocycles. The molecule has 1 saturated heterocycles.